The van der Waals surface area contributed by atoms with Crippen LogP contribution in [0.2, 0.25) is 0 Å². The summed E-state index contributed by atoms with van der Waals surface area (Å²) >= 11 is 0. The molecular formula is C21H24N4O. The number of nitrogens with zero attached hydrogens (tertiary/aromatic N) is 4. The predicted molar refractivity (Wildman–Crippen MR) is 105 cm³/mol. The first kappa shape index (κ1) is 16.7. The number of benzene rings is 2. The fourth-order valence-corrected chi connectivity index (χ4v) is 3.36. The molecule has 134 valence electrons. The van der Waals surface area contributed by atoms with Gasteiger partial charge in [0, 0.05) is 37.4 Å². The zero-order valence-corrected chi connectivity index (χ0v) is 15.3. The van der Waals surface area contributed by atoms with Gasteiger partial charge < -0.3 is 14.5 Å². The van der Waals surface area contributed by atoms with Crippen molar-refractivity contribution in [3.05, 3.63) is 60.8 Å². The highest BCUT2D eigenvalue weighted by Gasteiger charge is 2.14. The first-order valence-corrected chi connectivity index (χ1v) is 8.97. The van der Waals surface area contributed by atoms with Gasteiger partial charge in [-0.15, -0.1) is 0 Å². The van der Waals surface area contributed by atoms with Crippen molar-refractivity contribution in [2.24, 2.45) is 0 Å². The molecule has 2 aromatic carbocycles. The fourth-order valence-electron chi connectivity index (χ4n) is 3.36. The third-order valence-electron chi connectivity index (χ3n) is 4.99. The van der Waals surface area contributed by atoms with Crippen molar-refractivity contribution in [2.45, 2.75) is 0 Å². The van der Waals surface area contributed by atoms with Crippen LogP contribution in [-0.2, 0) is 0 Å². The highest BCUT2D eigenvalue weighted by molar-refractivity contribution is 5.63. The monoisotopic (exact) mass is 348 g/mol. The molecule has 0 spiro atoms. The molecule has 0 N–H and O–H groups in total. The quantitative estimate of drug-likeness (QED) is 0.724. The van der Waals surface area contributed by atoms with E-state index < -0.39 is 0 Å². The second-order valence-corrected chi connectivity index (χ2v) is 6.66. The number of ether oxygens (including phenoxy) is 1. The molecule has 3 aromatic rings. The summed E-state index contributed by atoms with van der Waals surface area (Å²) in [5.41, 5.74) is 4.53. The molecule has 0 radical (unpaired) electrons. The molecule has 0 saturated carbocycles. The van der Waals surface area contributed by atoms with Gasteiger partial charge in [-0.3, -0.25) is 0 Å². The average Bonchev–Trinajstić information content (AvgIpc) is 3.19. The lowest BCUT2D eigenvalue weighted by Crippen LogP contribution is -2.44. The van der Waals surface area contributed by atoms with Crippen LogP contribution < -0.4 is 9.64 Å². The van der Waals surface area contributed by atoms with E-state index in [2.05, 4.69) is 58.3 Å². The minimum Gasteiger partial charge on any atom is -0.497 e. The maximum Gasteiger partial charge on any atom is 0.118 e. The number of aromatic nitrogens is 2. The SMILES string of the molecule is COc1ccc(-c2ccnn2-c2ccc(N3CCN(C)CC3)cc2)cc1. The van der Waals surface area contributed by atoms with Crippen LogP contribution in [0.4, 0.5) is 5.69 Å². The van der Waals surface area contributed by atoms with Gasteiger partial charge in [-0.25, -0.2) is 4.68 Å². The van der Waals surface area contributed by atoms with Crippen LogP contribution in [0.5, 0.6) is 5.75 Å². The van der Waals surface area contributed by atoms with Crippen molar-refractivity contribution < 1.29 is 4.74 Å². The van der Waals surface area contributed by atoms with Crippen molar-refractivity contribution in [1.82, 2.24) is 14.7 Å². The highest BCUT2D eigenvalue weighted by Crippen LogP contribution is 2.26. The number of piperazine rings is 1. The first-order valence-electron chi connectivity index (χ1n) is 8.97. The zero-order valence-electron chi connectivity index (χ0n) is 15.3. The van der Waals surface area contributed by atoms with Crippen LogP contribution in [0.3, 0.4) is 0 Å². The van der Waals surface area contributed by atoms with E-state index in [1.165, 1.54) is 5.69 Å². The summed E-state index contributed by atoms with van der Waals surface area (Å²) < 4.78 is 7.23. The Morgan fingerprint density at radius 2 is 1.46 bits per heavy atom. The molecule has 1 aliphatic rings. The molecule has 0 unspecified atom stereocenters. The lowest BCUT2D eigenvalue weighted by molar-refractivity contribution is 0.313. The summed E-state index contributed by atoms with van der Waals surface area (Å²) in [6.07, 6.45) is 1.84. The Morgan fingerprint density at radius 1 is 0.808 bits per heavy atom. The van der Waals surface area contributed by atoms with E-state index >= 15 is 0 Å². The topological polar surface area (TPSA) is 33.5 Å². The summed E-state index contributed by atoms with van der Waals surface area (Å²) in [5, 5.41) is 4.52. The van der Waals surface area contributed by atoms with Crippen molar-refractivity contribution in [2.75, 3.05) is 45.2 Å². The van der Waals surface area contributed by atoms with Gasteiger partial charge in [0.1, 0.15) is 5.75 Å². The number of rotatable bonds is 4. The third-order valence-corrected chi connectivity index (χ3v) is 4.99. The van der Waals surface area contributed by atoms with Gasteiger partial charge in [-0.2, -0.15) is 5.10 Å². The van der Waals surface area contributed by atoms with Crippen molar-refractivity contribution in [3.63, 3.8) is 0 Å². The normalized spacial score (nSPS) is 15.2. The Morgan fingerprint density at radius 3 is 2.12 bits per heavy atom. The van der Waals surface area contributed by atoms with Crippen molar-refractivity contribution >= 4 is 5.69 Å². The molecule has 1 aliphatic heterocycles. The average molecular weight is 348 g/mol. The smallest absolute Gasteiger partial charge is 0.118 e. The lowest BCUT2D eigenvalue weighted by atomic mass is 10.1. The van der Waals surface area contributed by atoms with E-state index in [-0.39, 0.29) is 0 Å². The summed E-state index contributed by atoms with van der Waals surface area (Å²) in [6.45, 7) is 4.38. The molecule has 2 heterocycles. The summed E-state index contributed by atoms with van der Waals surface area (Å²) in [7, 11) is 3.86. The Hall–Kier alpha value is -2.79. The van der Waals surface area contributed by atoms with Crippen LogP contribution in [0.1, 0.15) is 0 Å². The molecule has 4 rings (SSSR count). The number of anilines is 1. The molecule has 0 atom stereocenters. The number of methoxy groups -OCH3 is 1. The van der Waals surface area contributed by atoms with Crippen molar-refractivity contribution in [3.8, 4) is 22.7 Å². The van der Waals surface area contributed by atoms with Crippen LogP contribution >= 0.6 is 0 Å². The second kappa shape index (κ2) is 7.22. The predicted octanol–water partition coefficient (Wildman–Crippen LogP) is 3.30. The standard InChI is InChI=1S/C21H24N4O/c1-23-13-15-24(16-14-23)18-5-7-19(8-6-18)25-21(11-12-22-25)17-3-9-20(26-2)10-4-17/h3-12H,13-16H2,1-2H3. The Kier molecular flexibility index (Phi) is 4.63. The van der Waals surface area contributed by atoms with E-state index in [9.17, 15) is 0 Å². The first-order chi connectivity index (χ1) is 12.7. The van der Waals surface area contributed by atoms with Crippen LogP contribution in [0.25, 0.3) is 16.9 Å². The van der Waals surface area contributed by atoms with Gasteiger partial charge in [0.25, 0.3) is 0 Å². The lowest BCUT2D eigenvalue weighted by Gasteiger charge is -2.34. The van der Waals surface area contributed by atoms with E-state index in [0.717, 1.165) is 48.9 Å². The highest BCUT2D eigenvalue weighted by atomic mass is 16.5. The summed E-state index contributed by atoms with van der Waals surface area (Å²) in [6, 6.07) is 18.8. The summed E-state index contributed by atoms with van der Waals surface area (Å²) in [5.74, 6) is 0.858. The van der Waals surface area contributed by atoms with Gasteiger partial charge >= 0.3 is 0 Å². The van der Waals surface area contributed by atoms with Gasteiger partial charge in [0.2, 0.25) is 0 Å². The van der Waals surface area contributed by atoms with E-state index in [0.29, 0.717) is 0 Å². The molecule has 0 amide bonds. The molecule has 1 fully saturated rings. The molecule has 5 heteroatoms. The molecule has 0 aliphatic carbocycles. The molecule has 1 saturated heterocycles. The molecule has 26 heavy (non-hydrogen) atoms. The largest absolute Gasteiger partial charge is 0.497 e. The maximum absolute atomic E-state index is 5.25. The number of hydrogen-bond acceptors (Lipinski definition) is 4. The van der Waals surface area contributed by atoms with Gasteiger partial charge in [-0.1, -0.05) is 0 Å². The third kappa shape index (κ3) is 3.30. The Bertz CT molecular complexity index is 846. The molecular weight excluding hydrogens is 324 g/mol. The fraction of sp³-hybridized carbons (Fsp3) is 0.286. The van der Waals surface area contributed by atoms with Crippen LogP contribution in [-0.4, -0.2) is 55.0 Å². The van der Waals surface area contributed by atoms with Gasteiger partial charge in [0.15, 0.2) is 0 Å². The van der Waals surface area contributed by atoms with Crippen LogP contribution in [0, 0.1) is 0 Å². The summed E-state index contributed by atoms with van der Waals surface area (Å²) in [4.78, 5) is 4.81. The Labute approximate surface area is 154 Å². The molecule has 0 bridgehead atoms. The number of likely N-dealkylation sites (N-methyl/N-ethyl adjacent to an activating group) is 1. The van der Waals surface area contributed by atoms with Gasteiger partial charge in [-0.05, 0) is 61.6 Å². The van der Waals surface area contributed by atoms with Crippen molar-refractivity contribution in [1.29, 1.82) is 0 Å². The van der Waals surface area contributed by atoms with Gasteiger partial charge in [0.05, 0.1) is 24.7 Å². The molecule has 5 nitrogen and oxygen atoms in total. The minimum absolute atomic E-state index is 0.858. The van der Waals surface area contributed by atoms with E-state index in [1.54, 1.807) is 7.11 Å². The van der Waals surface area contributed by atoms with E-state index in [1.807, 2.05) is 29.1 Å². The van der Waals surface area contributed by atoms with E-state index in [4.69, 9.17) is 4.74 Å². The second-order valence-electron chi connectivity index (χ2n) is 6.66. The maximum atomic E-state index is 5.25. The zero-order chi connectivity index (χ0) is 17.9. The van der Waals surface area contributed by atoms with Crippen LogP contribution in [0.15, 0.2) is 60.8 Å². The number of hydrogen-bond donors (Lipinski definition) is 0. The minimum atomic E-state index is 0.858. The molecule has 1 aromatic heterocycles. The Balaban J connectivity index is 1.57.